The third kappa shape index (κ3) is 27.8. The Labute approximate surface area is 130 Å². The number of nitrogens with zero attached hydrogens (tertiary/aromatic N) is 2. The van der Waals surface area contributed by atoms with Crippen molar-refractivity contribution >= 4 is 12.2 Å². The Morgan fingerprint density at radius 2 is 1.00 bits per heavy atom. The van der Waals surface area contributed by atoms with Crippen molar-refractivity contribution in [1.29, 1.82) is 0 Å². The van der Waals surface area contributed by atoms with Gasteiger partial charge in [-0.05, 0) is 12.8 Å². The Morgan fingerprint density at radius 3 is 1.38 bits per heavy atom. The lowest BCUT2D eigenvalue weighted by atomic mass is 10.1. The first kappa shape index (κ1) is 22.0. The molecular formula is C17H32N2O2. The van der Waals surface area contributed by atoms with E-state index >= 15 is 0 Å². The zero-order chi connectivity index (χ0) is 16.0. The van der Waals surface area contributed by atoms with E-state index in [2.05, 4.69) is 16.9 Å². The van der Waals surface area contributed by atoms with Gasteiger partial charge in [0.25, 0.3) is 0 Å². The normalized spacial score (nSPS) is 9.05. The summed E-state index contributed by atoms with van der Waals surface area (Å²) in [6, 6.07) is 0. The standard InChI is InChI=1S/C13H25NO.C4H7NO/c1-2-3-4-5-6-7-8-9-10-11-12-14-13-15;1-2-3-5-4-6/h2-12H2,1H3;2-3H2,1H3. The van der Waals surface area contributed by atoms with Crippen molar-refractivity contribution in [2.24, 2.45) is 9.98 Å². The van der Waals surface area contributed by atoms with Crippen molar-refractivity contribution in [3.05, 3.63) is 0 Å². The van der Waals surface area contributed by atoms with Crippen LogP contribution in [0.2, 0.25) is 0 Å². The van der Waals surface area contributed by atoms with E-state index < -0.39 is 0 Å². The first-order valence-electron chi connectivity index (χ1n) is 8.40. The molecule has 0 atom stereocenters. The van der Waals surface area contributed by atoms with Gasteiger partial charge in [0.2, 0.25) is 12.2 Å². The first-order valence-corrected chi connectivity index (χ1v) is 8.40. The number of aliphatic imine (C=N–C) groups is 2. The third-order valence-corrected chi connectivity index (χ3v) is 3.09. The molecule has 21 heavy (non-hydrogen) atoms. The van der Waals surface area contributed by atoms with Crippen LogP contribution in [0.25, 0.3) is 0 Å². The Morgan fingerprint density at radius 1 is 0.571 bits per heavy atom. The van der Waals surface area contributed by atoms with E-state index in [4.69, 9.17) is 0 Å². The Hall–Kier alpha value is -1.24. The Bertz CT molecular complexity index is 281. The van der Waals surface area contributed by atoms with Crippen molar-refractivity contribution in [3.8, 4) is 0 Å². The van der Waals surface area contributed by atoms with Crippen LogP contribution in [0.3, 0.4) is 0 Å². The molecule has 0 heterocycles. The van der Waals surface area contributed by atoms with Crippen LogP contribution in [0, 0.1) is 0 Å². The molecule has 0 aromatic rings. The molecule has 0 aliphatic rings. The molecule has 4 nitrogen and oxygen atoms in total. The fraction of sp³-hybridized carbons (Fsp3) is 0.882. The van der Waals surface area contributed by atoms with Gasteiger partial charge in [0.05, 0.1) is 13.1 Å². The zero-order valence-corrected chi connectivity index (χ0v) is 13.9. The van der Waals surface area contributed by atoms with Gasteiger partial charge < -0.3 is 0 Å². The van der Waals surface area contributed by atoms with Crippen LogP contribution < -0.4 is 0 Å². The summed E-state index contributed by atoms with van der Waals surface area (Å²) in [4.78, 5) is 25.9. The maximum Gasteiger partial charge on any atom is 0.234 e. The van der Waals surface area contributed by atoms with Crippen molar-refractivity contribution in [2.45, 2.75) is 84.5 Å². The average molecular weight is 296 g/mol. The highest BCUT2D eigenvalue weighted by Crippen LogP contribution is 2.10. The van der Waals surface area contributed by atoms with Gasteiger partial charge in [-0.15, -0.1) is 0 Å². The molecule has 0 N–H and O–H groups in total. The minimum atomic E-state index is 0.615. The SMILES string of the molecule is CCCCCCCCCCCCN=C=O.CCCN=C=O. The lowest BCUT2D eigenvalue weighted by Gasteiger charge is -2.00. The maximum atomic E-state index is 9.77. The van der Waals surface area contributed by atoms with Gasteiger partial charge in [-0.3, -0.25) is 0 Å². The van der Waals surface area contributed by atoms with Gasteiger partial charge in [-0.25, -0.2) is 19.6 Å². The number of rotatable bonds is 13. The van der Waals surface area contributed by atoms with E-state index in [9.17, 15) is 9.59 Å². The number of carbonyl (C=O) groups excluding carboxylic acids is 2. The minimum absolute atomic E-state index is 0.615. The van der Waals surface area contributed by atoms with Crippen LogP contribution in [0.15, 0.2) is 9.98 Å². The van der Waals surface area contributed by atoms with Crippen LogP contribution in [0.5, 0.6) is 0 Å². The number of unbranched alkanes of at least 4 members (excludes halogenated alkanes) is 9. The monoisotopic (exact) mass is 296 g/mol. The molecule has 0 aliphatic carbocycles. The summed E-state index contributed by atoms with van der Waals surface area (Å²) in [5.41, 5.74) is 0. The van der Waals surface area contributed by atoms with Crippen LogP contribution in [-0.2, 0) is 9.59 Å². The molecule has 0 fully saturated rings. The van der Waals surface area contributed by atoms with Crippen LogP contribution in [0.4, 0.5) is 0 Å². The van der Waals surface area contributed by atoms with Gasteiger partial charge in [0.1, 0.15) is 0 Å². The smallest absolute Gasteiger partial charge is 0.211 e. The molecule has 0 aromatic carbocycles. The van der Waals surface area contributed by atoms with Crippen LogP contribution in [0.1, 0.15) is 84.5 Å². The van der Waals surface area contributed by atoms with Crippen molar-refractivity contribution < 1.29 is 9.59 Å². The summed E-state index contributed by atoms with van der Waals surface area (Å²) in [6.45, 7) is 5.49. The second-order valence-electron chi connectivity index (χ2n) is 5.13. The van der Waals surface area contributed by atoms with E-state index in [0.717, 1.165) is 12.8 Å². The van der Waals surface area contributed by atoms with Crippen molar-refractivity contribution in [2.75, 3.05) is 13.1 Å². The Kier molecular flexibility index (Phi) is 25.0. The second-order valence-corrected chi connectivity index (χ2v) is 5.13. The van der Waals surface area contributed by atoms with Gasteiger partial charge in [0.15, 0.2) is 0 Å². The highest BCUT2D eigenvalue weighted by atomic mass is 16.1. The molecule has 0 radical (unpaired) electrons. The molecule has 0 saturated heterocycles. The topological polar surface area (TPSA) is 58.9 Å². The third-order valence-electron chi connectivity index (χ3n) is 3.09. The van der Waals surface area contributed by atoms with E-state index in [0.29, 0.717) is 13.1 Å². The fourth-order valence-electron chi connectivity index (χ4n) is 1.88. The molecule has 0 unspecified atom stereocenters. The van der Waals surface area contributed by atoms with E-state index in [-0.39, 0.29) is 0 Å². The van der Waals surface area contributed by atoms with E-state index in [1.54, 1.807) is 6.08 Å². The molecule has 122 valence electrons. The number of hydrogen-bond acceptors (Lipinski definition) is 4. The molecule has 0 amide bonds. The summed E-state index contributed by atoms with van der Waals surface area (Å²) in [5, 5.41) is 0. The van der Waals surface area contributed by atoms with Gasteiger partial charge in [-0.1, -0.05) is 71.6 Å². The van der Waals surface area contributed by atoms with E-state index in [1.165, 1.54) is 63.9 Å². The van der Waals surface area contributed by atoms with Crippen LogP contribution >= 0.6 is 0 Å². The first-order chi connectivity index (χ1) is 10.3. The summed E-state index contributed by atoms with van der Waals surface area (Å²) < 4.78 is 0. The van der Waals surface area contributed by atoms with Crippen molar-refractivity contribution in [3.63, 3.8) is 0 Å². The summed E-state index contributed by atoms with van der Waals surface area (Å²) in [6.07, 6.45) is 17.1. The molecule has 0 saturated carbocycles. The summed E-state index contributed by atoms with van der Waals surface area (Å²) in [5.74, 6) is 0. The van der Waals surface area contributed by atoms with Crippen LogP contribution in [-0.4, -0.2) is 25.2 Å². The summed E-state index contributed by atoms with van der Waals surface area (Å²) >= 11 is 0. The highest BCUT2D eigenvalue weighted by Gasteiger charge is 1.91. The van der Waals surface area contributed by atoms with Crippen molar-refractivity contribution in [1.82, 2.24) is 0 Å². The average Bonchev–Trinajstić information content (AvgIpc) is 2.51. The second kappa shape index (κ2) is 23.8. The molecule has 0 bridgehead atoms. The molecule has 4 heteroatoms. The quantitative estimate of drug-likeness (QED) is 0.273. The van der Waals surface area contributed by atoms with Gasteiger partial charge in [-0.2, -0.15) is 0 Å². The minimum Gasteiger partial charge on any atom is -0.211 e. The Balaban J connectivity index is 0. The summed E-state index contributed by atoms with van der Waals surface area (Å²) in [7, 11) is 0. The largest absolute Gasteiger partial charge is 0.234 e. The predicted octanol–water partition coefficient (Wildman–Crippen LogP) is 4.98. The molecule has 0 rings (SSSR count). The fourth-order valence-corrected chi connectivity index (χ4v) is 1.88. The highest BCUT2D eigenvalue weighted by molar-refractivity contribution is 5.32. The zero-order valence-electron chi connectivity index (χ0n) is 13.9. The molecular weight excluding hydrogens is 264 g/mol. The lowest BCUT2D eigenvalue weighted by molar-refractivity contribution is 0.552. The van der Waals surface area contributed by atoms with Gasteiger partial charge in [0, 0.05) is 0 Å². The number of isocyanates is 2. The maximum absolute atomic E-state index is 9.77. The molecule has 0 spiro atoms. The molecule has 0 aromatic heterocycles. The van der Waals surface area contributed by atoms with E-state index in [1.807, 2.05) is 6.92 Å². The van der Waals surface area contributed by atoms with Gasteiger partial charge >= 0.3 is 0 Å². The lowest BCUT2D eigenvalue weighted by Crippen LogP contribution is -1.83. The predicted molar refractivity (Wildman–Crippen MR) is 88.1 cm³/mol. The molecule has 0 aliphatic heterocycles. The number of hydrogen-bond donors (Lipinski definition) is 0.